The Hall–Kier alpha value is -2.86. The lowest BCUT2D eigenvalue weighted by Gasteiger charge is -2.24. The monoisotopic (exact) mass is 381 g/mol. The number of methoxy groups -OCH3 is 1. The zero-order valence-electron chi connectivity index (χ0n) is 16.6. The number of para-hydroxylation sites is 1. The molecule has 0 atom stereocenters. The highest BCUT2D eigenvalue weighted by Gasteiger charge is 2.17. The number of hydrazone groups is 1. The van der Waals surface area contributed by atoms with Crippen molar-refractivity contribution in [1.82, 2.24) is 5.43 Å². The van der Waals surface area contributed by atoms with Gasteiger partial charge in [0.15, 0.2) is 0 Å². The summed E-state index contributed by atoms with van der Waals surface area (Å²) >= 11 is 0. The third-order valence-corrected chi connectivity index (χ3v) is 5.06. The predicted molar refractivity (Wildman–Crippen MR) is 112 cm³/mol. The lowest BCUT2D eigenvalue weighted by atomic mass is 10.0. The molecular formula is C22H29N4O2+. The minimum atomic E-state index is -0.364. The molecule has 3 rings (SSSR count). The maximum Gasteiger partial charge on any atom is 0.339 e. The number of urea groups is 1. The number of anilines is 1. The molecule has 0 unspecified atom stereocenters. The topological polar surface area (TPSA) is 67.2 Å². The summed E-state index contributed by atoms with van der Waals surface area (Å²) < 4.78 is 5.55. The Morgan fingerprint density at radius 1 is 1.11 bits per heavy atom. The molecule has 0 radical (unpaired) electrons. The molecule has 3 N–H and O–H groups in total. The average molecular weight is 382 g/mol. The van der Waals surface area contributed by atoms with Crippen LogP contribution >= 0.6 is 0 Å². The van der Waals surface area contributed by atoms with E-state index in [4.69, 9.17) is 4.74 Å². The standard InChI is InChI=1S/C22H28N4O2/c1-17(24-25-22(27)23-20-9-5-3-6-10-20)18-11-12-21(28-2)19(15-18)16-26-13-7-4-8-14-26/h3,5-6,9-12,15H,4,7-8,13-14,16H2,1-2H3,(H2,23,25,27)/p+1/b24-17-. The van der Waals surface area contributed by atoms with E-state index < -0.39 is 0 Å². The molecule has 6 heteroatoms. The number of rotatable bonds is 6. The molecule has 148 valence electrons. The molecule has 1 aliphatic heterocycles. The molecule has 2 aromatic carbocycles. The van der Waals surface area contributed by atoms with E-state index in [9.17, 15) is 4.79 Å². The van der Waals surface area contributed by atoms with Crippen molar-refractivity contribution in [1.29, 1.82) is 0 Å². The lowest BCUT2D eigenvalue weighted by molar-refractivity contribution is -0.918. The highest BCUT2D eigenvalue weighted by Crippen LogP contribution is 2.20. The number of piperidine rings is 1. The van der Waals surface area contributed by atoms with Gasteiger partial charge in [0, 0.05) is 11.3 Å². The number of carbonyl (C=O) groups excluding carboxylic acids is 1. The zero-order chi connectivity index (χ0) is 19.8. The van der Waals surface area contributed by atoms with Crippen LogP contribution in [-0.2, 0) is 6.54 Å². The van der Waals surface area contributed by atoms with Gasteiger partial charge in [-0.1, -0.05) is 18.2 Å². The van der Waals surface area contributed by atoms with E-state index in [1.165, 1.54) is 37.9 Å². The van der Waals surface area contributed by atoms with Crippen molar-refractivity contribution in [3.05, 3.63) is 59.7 Å². The Bertz CT molecular complexity index is 815. The highest BCUT2D eigenvalue weighted by atomic mass is 16.5. The normalized spacial score (nSPS) is 15.1. The fourth-order valence-electron chi connectivity index (χ4n) is 3.52. The molecule has 2 aromatic rings. The molecule has 2 amide bonds. The van der Waals surface area contributed by atoms with E-state index in [1.807, 2.05) is 49.4 Å². The van der Waals surface area contributed by atoms with E-state index in [-0.39, 0.29) is 6.03 Å². The largest absolute Gasteiger partial charge is 0.496 e. The molecule has 0 saturated carbocycles. The fourth-order valence-corrected chi connectivity index (χ4v) is 3.52. The van der Waals surface area contributed by atoms with Gasteiger partial charge in [-0.05, 0) is 62.1 Å². The van der Waals surface area contributed by atoms with Crippen LogP contribution in [-0.4, -0.2) is 31.9 Å². The summed E-state index contributed by atoms with van der Waals surface area (Å²) in [6, 6.07) is 15.0. The number of amides is 2. The second-order valence-corrected chi connectivity index (χ2v) is 7.14. The van der Waals surface area contributed by atoms with Crippen LogP contribution in [0.2, 0.25) is 0 Å². The van der Waals surface area contributed by atoms with Gasteiger partial charge in [0.2, 0.25) is 0 Å². The SMILES string of the molecule is COc1ccc(/C(C)=N\NC(=O)Nc2ccccc2)cc1C[NH+]1CCCCC1. The second-order valence-electron chi connectivity index (χ2n) is 7.14. The molecular weight excluding hydrogens is 352 g/mol. The first-order valence-electron chi connectivity index (χ1n) is 9.83. The molecule has 28 heavy (non-hydrogen) atoms. The van der Waals surface area contributed by atoms with Gasteiger partial charge in [0.25, 0.3) is 0 Å². The van der Waals surface area contributed by atoms with Crippen LogP contribution in [0.25, 0.3) is 0 Å². The molecule has 0 spiro atoms. The van der Waals surface area contributed by atoms with Crippen molar-refractivity contribution in [2.45, 2.75) is 32.7 Å². The van der Waals surface area contributed by atoms with Crippen LogP contribution in [0.3, 0.4) is 0 Å². The maximum atomic E-state index is 12.0. The summed E-state index contributed by atoms with van der Waals surface area (Å²) in [6.07, 6.45) is 3.92. The van der Waals surface area contributed by atoms with Crippen molar-refractivity contribution in [3.63, 3.8) is 0 Å². The van der Waals surface area contributed by atoms with E-state index >= 15 is 0 Å². The number of hydrogen-bond donors (Lipinski definition) is 3. The molecule has 1 saturated heterocycles. The van der Waals surface area contributed by atoms with Crippen LogP contribution in [0.15, 0.2) is 53.6 Å². The summed E-state index contributed by atoms with van der Waals surface area (Å²) in [6.45, 7) is 5.26. The minimum absolute atomic E-state index is 0.364. The number of ether oxygens (including phenoxy) is 1. The Morgan fingerprint density at radius 2 is 1.86 bits per heavy atom. The lowest BCUT2D eigenvalue weighted by Crippen LogP contribution is -3.11. The highest BCUT2D eigenvalue weighted by molar-refractivity contribution is 6.00. The number of nitrogens with one attached hydrogen (secondary N) is 3. The third kappa shape index (κ3) is 5.57. The van der Waals surface area contributed by atoms with Gasteiger partial charge >= 0.3 is 6.03 Å². The van der Waals surface area contributed by atoms with Gasteiger partial charge in [0.05, 0.1) is 25.9 Å². The molecule has 1 aliphatic rings. The van der Waals surface area contributed by atoms with Gasteiger partial charge in [0.1, 0.15) is 12.3 Å². The summed E-state index contributed by atoms with van der Waals surface area (Å²) in [5.74, 6) is 0.907. The van der Waals surface area contributed by atoms with Crippen molar-refractivity contribution in [2.24, 2.45) is 5.10 Å². The van der Waals surface area contributed by atoms with Gasteiger partial charge in [-0.2, -0.15) is 5.10 Å². The molecule has 1 fully saturated rings. The number of benzene rings is 2. The summed E-state index contributed by atoms with van der Waals surface area (Å²) in [5, 5.41) is 6.99. The Morgan fingerprint density at radius 3 is 2.57 bits per heavy atom. The quantitative estimate of drug-likeness (QED) is 0.532. The van der Waals surface area contributed by atoms with Gasteiger partial charge in [-0.15, -0.1) is 0 Å². The van der Waals surface area contributed by atoms with Crippen molar-refractivity contribution >= 4 is 17.4 Å². The third-order valence-electron chi connectivity index (χ3n) is 5.06. The Balaban J connectivity index is 1.66. The zero-order valence-corrected chi connectivity index (χ0v) is 16.6. The number of hydrogen-bond acceptors (Lipinski definition) is 3. The summed E-state index contributed by atoms with van der Waals surface area (Å²) in [7, 11) is 1.71. The Kier molecular flexibility index (Phi) is 7.03. The molecule has 1 heterocycles. The van der Waals surface area contributed by atoms with E-state index in [0.29, 0.717) is 0 Å². The van der Waals surface area contributed by atoms with Crippen LogP contribution < -0.4 is 20.4 Å². The molecule has 0 bridgehead atoms. The predicted octanol–water partition coefficient (Wildman–Crippen LogP) is 2.81. The fraction of sp³-hybridized carbons (Fsp3) is 0.364. The Labute approximate surface area is 166 Å². The van der Waals surface area contributed by atoms with Crippen LogP contribution in [0, 0.1) is 0 Å². The number of carbonyl (C=O) groups is 1. The average Bonchev–Trinajstić information content (AvgIpc) is 2.73. The molecule has 0 aliphatic carbocycles. The van der Waals surface area contributed by atoms with Crippen LogP contribution in [0.4, 0.5) is 10.5 Å². The number of nitrogens with zero attached hydrogens (tertiary/aromatic N) is 1. The van der Waals surface area contributed by atoms with Gasteiger partial charge < -0.3 is 15.0 Å². The van der Waals surface area contributed by atoms with E-state index in [0.717, 1.165) is 29.3 Å². The first kappa shape index (κ1) is 19.9. The smallest absolute Gasteiger partial charge is 0.339 e. The van der Waals surface area contributed by atoms with Crippen molar-refractivity contribution in [3.8, 4) is 5.75 Å². The first-order valence-corrected chi connectivity index (χ1v) is 9.83. The second kappa shape index (κ2) is 9.90. The van der Waals surface area contributed by atoms with Crippen molar-refractivity contribution < 1.29 is 14.4 Å². The first-order chi connectivity index (χ1) is 13.7. The minimum Gasteiger partial charge on any atom is -0.496 e. The van der Waals surface area contributed by atoms with Crippen molar-refractivity contribution in [2.75, 3.05) is 25.5 Å². The van der Waals surface area contributed by atoms with E-state index in [1.54, 1.807) is 12.0 Å². The van der Waals surface area contributed by atoms with Gasteiger partial charge in [-0.3, -0.25) is 0 Å². The summed E-state index contributed by atoms with van der Waals surface area (Å²) in [4.78, 5) is 13.6. The van der Waals surface area contributed by atoms with E-state index in [2.05, 4.69) is 21.9 Å². The maximum absolute atomic E-state index is 12.0. The molecule has 0 aromatic heterocycles. The summed E-state index contributed by atoms with van der Waals surface area (Å²) in [5.41, 5.74) is 6.20. The van der Waals surface area contributed by atoms with Crippen LogP contribution in [0.1, 0.15) is 37.3 Å². The number of likely N-dealkylation sites (tertiary alicyclic amines) is 1. The van der Waals surface area contributed by atoms with Crippen LogP contribution in [0.5, 0.6) is 5.75 Å². The number of quaternary nitrogens is 1. The van der Waals surface area contributed by atoms with Gasteiger partial charge in [-0.25, -0.2) is 10.2 Å². The molecule has 6 nitrogen and oxygen atoms in total.